The van der Waals surface area contributed by atoms with Crippen molar-refractivity contribution in [1.82, 2.24) is 0 Å². The van der Waals surface area contributed by atoms with Crippen LogP contribution in [-0.2, 0) is 16.2 Å². The Balaban J connectivity index is 1.32. The first-order valence-electron chi connectivity index (χ1n) is 23.3. The Morgan fingerprint density at radius 3 is 1.72 bits per heavy atom. The van der Waals surface area contributed by atoms with E-state index in [-0.39, 0.29) is 23.0 Å². The van der Waals surface area contributed by atoms with Crippen molar-refractivity contribution in [3.63, 3.8) is 0 Å². The van der Waals surface area contributed by atoms with Gasteiger partial charge in [0.15, 0.2) is 0 Å². The lowest BCUT2D eigenvalue weighted by atomic mass is 9.36. The van der Waals surface area contributed by atoms with E-state index in [0.29, 0.717) is 5.92 Å². The second-order valence-corrected chi connectivity index (χ2v) is 23.4. The number of nitrogens with zero attached hydrogens (tertiary/aromatic N) is 2. The molecule has 2 aromatic heterocycles. The summed E-state index contributed by atoms with van der Waals surface area (Å²) in [6.45, 7) is 35.1. The van der Waals surface area contributed by atoms with E-state index in [1.807, 2.05) is 17.4 Å². The van der Waals surface area contributed by atoms with Crippen LogP contribution in [0.3, 0.4) is 0 Å². The SMILES string of the molecule is Cc1cc(-c2cc3ccccc3o2)cc(C)c1N1c2ccc(C(C)(C)C)cc2B2c3sc4ccc(C(C)(C)C)cc4c3N(c3c(C)cc(C(C)(C)C)cc3C)c3cc(C(C)C)cc1c32. The summed E-state index contributed by atoms with van der Waals surface area (Å²) >= 11 is 2.00. The van der Waals surface area contributed by atoms with Gasteiger partial charge >= 0.3 is 0 Å². The zero-order chi connectivity index (χ0) is 45.5. The van der Waals surface area contributed by atoms with Crippen molar-refractivity contribution in [1.29, 1.82) is 0 Å². The Morgan fingerprint density at radius 2 is 1.11 bits per heavy atom. The predicted octanol–water partition coefficient (Wildman–Crippen LogP) is 15.6. The number of para-hydroxylation sites is 1. The van der Waals surface area contributed by atoms with Crippen molar-refractivity contribution in [3.8, 4) is 11.3 Å². The van der Waals surface area contributed by atoms with Crippen LogP contribution in [0.25, 0.3) is 32.4 Å². The largest absolute Gasteiger partial charge is 0.456 e. The molecule has 0 radical (unpaired) electrons. The first-order chi connectivity index (χ1) is 30.1. The average Bonchev–Trinajstić information content (AvgIpc) is 3.82. The molecule has 4 heterocycles. The van der Waals surface area contributed by atoms with Crippen LogP contribution in [0, 0.1) is 27.7 Å². The molecule has 0 spiro atoms. The van der Waals surface area contributed by atoms with Crippen LogP contribution in [0.2, 0.25) is 0 Å². The Labute approximate surface area is 386 Å². The summed E-state index contributed by atoms with van der Waals surface area (Å²) in [7, 11) is 0. The van der Waals surface area contributed by atoms with Crippen molar-refractivity contribution in [2.45, 2.75) is 126 Å². The number of hydrogen-bond acceptors (Lipinski definition) is 4. The minimum absolute atomic E-state index is 0.00775. The minimum atomic E-state index is -0.0289. The van der Waals surface area contributed by atoms with Gasteiger partial charge in [-0.1, -0.05) is 125 Å². The second-order valence-electron chi connectivity index (χ2n) is 22.3. The number of fused-ring (bicyclic) bond motifs is 7. The van der Waals surface area contributed by atoms with Crippen molar-refractivity contribution < 1.29 is 4.42 Å². The topological polar surface area (TPSA) is 19.6 Å². The number of benzene rings is 6. The van der Waals surface area contributed by atoms with Gasteiger partial charge < -0.3 is 14.2 Å². The molecule has 8 aromatic rings. The number of hydrogen-bond donors (Lipinski definition) is 0. The highest BCUT2D eigenvalue weighted by atomic mass is 32.1. The van der Waals surface area contributed by atoms with Crippen LogP contribution in [-0.4, -0.2) is 6.71 Å². The smallest absolute Gasteiger partial charge is 0.264 e. The second kappa shape index (κ2) is 14.5. The third-order valence-electron chi connectivity index (χ3n) is 14.1. The highest BCUT2D eigenvalue weighted by molar-refractivity contribution is 7.33. The summed E-state index contributed by atoms with van der Waals surface area (Å²) in [5.74, 6) is 1.21. The minimum Gasteiger partial charge on any atom is -0.456 e. The molecule has 0 bridgehead atoms. The molecule has 0 unspecified atom stereocenters. The third-order valence-corrected chi connectivity index (χ3v) is 15.3. The van der Waals surface area contributed by atoms with Gasteiger partial charge in [-0.25, -0.2) is 0 Å². The summed E-state index contributed by atoms with van der Waals surface area (Å²) in [5.41, 5.74) is 23.0. The van der Waals surface area contributed by atoms with Crippen LogP contribution >= 0.6 is 11.3 Å². The Kier molecular flexibility index (Phi) is 9.61. The molecule has 324 valence electrons. The molecule has 2 aliphatic rings. The van der Waals surface area contributed by atoms with E-state index in [1.54, 1.807) is 0 Å². The van der Waals surface area contributed by atoms with E-state index in [4.69, 9.17) is 4.42 Å². The van der Waals surface area contributed by atoms with E-state index in [2.05, 4.69) is 211 Å². The van der Waals surface area contributed by atoms with Gasteiger partial charge in [0.1, 0.15) is 11.3 Å². The van der Waals surface area contributed by atoms with Gasteiger partial charge in [-0.15, -0.1) is 11.3 Å². The van der Waals surface area contributed by atoms with Gasteiger partial charge in [-0.2, -0.15) is 0 Å². The van der Waals surface area contributed by atoms with Crippen LogP contribution in [0.5, 0.6) is 0 Å². The highest BCUT2D eigenvalue weighted by Crippen LogP contribution is 2.52. The van der Waals surface area contributed by atoms with Crippen molar-refractivity contribution in [2.24, 2.45) is 0 Å². The predicted molar refractivity (Wildman–Crippen MR) is 280 cm³/mol. The Morgan fingerprint density at radius 1 is 0.547 bits per heavy atom. The lowest BCUT2D eigenvalue weighted by molar-refractivity contribution is 0.589. The number of rotatable bonds is 4. The fourth-order valence-electron chi connectivity index (χ4n) is 10.6. The molecule has 64 heavy (non-hydrogen) atoms. The van der Waals surface area contributed by atoms with Crippen LogP contribution in [0.4, 0.5) is 34.1 Å². The molecule has 0 atom stereocenters. The fourth-order valence-corrected chi connectivity index (χ4v) is 11.9. The summed E-state index contributed by atoms with van der Waals surface area (Å²) in [4.78, 5) is 5.34. The third kappa shape index (κ3) is 6.67. The van der Waals surface area contributed by atoms with E-state index in [0.717, 1.165) is 22.3 Å². The van der Waals surface area contributed by atoms with Crippen LogP contribution < -0.4 is 25.5 Å². The maximum atomic E-state index is 6.47. The number of furan rings is 1. The van der Waals surface area contributed by atoms with Crippen molar-refractivity contribution in [3.05, 3.63) is 148 Å². The van der Waals surface area contributed by atoms with Crippen LogP contribution in [0.1, 0.15) is 127 Å². The lowest BCUT2D eigenvalue weighted by Gasteiger charge is -2.45. The summed E-state index contributed by atoms with van der Waals surface area (Å²) < 4.78 is 9.23. The Bertz CT molecular complexity index is 3130. The Hall–Kier alpha value is -5.52. The lowest BCUT2D eigenvalue weighted by Crippen LogP contribution is -2.60. The maximum Gasteiger partial charge on any atom is 0.264 e. The average molecular weight is 859 g/mol. The molecule has 10 rings (SSSR count). The molecular weight excluding hydrogens is 796 g/mol. The number of thiophene rings is 1. The summed E-state index contributed by atoms with van der Waals surface area (Å²) in [5, 5.41) is 2.47. The monoisotopic (exact) mass is 858 g/mol. The fraction of sp³-hybridized carbons (Fsp3) is 0.322. The van der Waals surface area contributed by atoms with Gasteiger partial charge in [-0.05, 0) is 160 Å². The molecule has 0 saturated heterocycles. The molecule has 3 nitrogen and oxygen atoms in total. The van der Waals surface area contributed by atoms with Crippen LogP contribution in [0.15, 0.2) is 108 Å². The molecule has 0 amide bonds. The van der Waals surface area contributed by atoms with E-state index in [1.165, 1.54) is 104 Å². The van der Waals surface area contributed by atoms with Crippen molar-refractivity contribution in [2.75, 3.05) is 9.80 Å². The molecular formula is C59H63BN2OS. The molecule has 6 aromatic carbocycles. The van der Waals surface area contributed by atoms with E-state index >= 15 is 0 Å². The molecule has 0 saturated carbocycles. The van der Waals surface area contributed by atoms with Gasteiger partial charge in [0.2, 0.25) is 0 Å². The molecule has 0 N–H and O–H groups in total. The van der Waals surface area contributed by atoms with Gasteiger partial charge in [-0.3, -0.25) is 0 Å². The zero-order valence-corrected chi connectivity index (χ0v) is 41.5. The summed E-state index contributed by atoms with van der Waals surface area (Å²) in [6, 6.07) is 39.8. The van der Waals surface area contributed by atoms with Crippen molar-refractivity contribution >= 4 is 88.9 Å². The highest BCUT2D eigenvalue weighted by Gasteiger charge is 2.47. The number of aryl methyl sites for hydroxylation is 4. The first-order valence-corrected chi connectivity index (χ1v) is 24.1. The quantitative estimate of drug-likeness (QED) is 0.164. The molecule has 0 aliphatic carbocycles. The standard InChI is InChI=1S/C59H63BN2OS/c1-33(2)39-28-47-52-48(29-39)62(54-36(5)26-43(27-37(54)6)59(13,14)15)55-44-31-41(57(7,8)9)21-23-51(44)64-56(55)60(52)45-32-42(58(10,11)12)20-22-46(45)61(47)53-34(3)24-40(25-35(53)4)50-30-38-18-16-17-19-49(38)63-50/h16-33H,1-15H3. The van der Waals surface area contributed by atoms with E-state index < -0.39 is 0 Å². The molecule has 2 aliphatic heterocycles. The van der Waals surface area contributed by atoms with Gasteiger partial charge in [0.25, 0.3) is 6.71 Å². The van der Waals surface area contributed by atoms with Gasteiger partial charge in [0.05, 0.1) is 17.1 Å². The van der Waals surface area contributed by atoms with Gasteiger partial charge in [0, 0.05) is 42.9 Å². The summed E-state index contributed by atoms with van der Waals surface area (Å²) in [6.07, 6.45) is 0. The molecule has 0 fully saturated rings. The first kappa shape index (κ1) is 42.4. The molecule has 5 heteroatoms. The normalized spacial score (nSPS) is 13.9. The van der Waals surface area contributed by atoms with E-state index in [9.17, 15) is 0 Å². The number of anilines is 6. The maximum absolute atomic E-state index is 6.47. The zero-order valence-electron chi connectivity index (χ0n) is 40.7.